The predicted molar refractivity (Wildman–Crippen MR) is 249 cm³/mol. The molecule has 6 N–H and O–H groups in total. The van der Waals surface area contributed by atoms with Crippen molar-refractivity contribution in [2.45, 2.75) is 211 Å². The minimum absolute atomic E-state index is 0.0172. The van der Waals surface area contributed by atoms with Gasteiger partial charge in [0.05, 0.1) is 6.61 Å². The minimum atomic E-state index is -5.14. The highest BCUT2D eigenvalue weighted by Gasteiger charge is 2.51. The Hall–Kier alpha value is -2.71. The Kier molecular flexibility index (Phi) is 35.7. The standard InChI is InChI=1S/C49H83O13P/c1-3-5-7-9-11-13-15-17-18-19-20-21-22-23-24-26-27-29-31-33-35-37-42(50)59-39-41(40-60-63(57,58)62-49-47(55)45(53)44(52)46(54)48(49)56)61-43(51)38-36-34-32-30-28-25-16-14-12-10-8-6-4-2/h11,13,17-18,20-21,23-25,28,32,34,41,44-49,52-56H,3-10,12,14-16,19,22,26-27,29-31,33,35-40H2,1-2H3,(H,57,58)/b13-11+,18-17+,21-20+,24-23+,28-25+,34-32+/t41?,44?,45-,46?,47?,48?,49?/m0/s1. The number of carbonyl (C=O) groups is 2. The first-order valence-corrected chi connectivity index (χ1v) is 25.2. The molecule has 0 aromatic carbocycles. The van der Waals surface area contributed by atoms with Crippen LogP contribution in [-0.2, 0) is 32.7 Å². The van der Waals surface area contributed by atoms with Gasteiger partial charge in [0, 0.05) is 12.8 Å². The van der Waals surface area contributed by atoms with E-state index in [1.165, 1.54) is 64.2 Å². The average molecular weight is 911 g/mol. The van der Waals surface area contributed by atoms with Gasteiger partial charge in [-0.15, -0.1) is 0 Å². The minimum Gasteiger partial charge on any atom is -0.462 e. The molecule has 0 aromatic rings. The molecule has 0 aliphatic heterocycles. The SMILES string of the molecule is CCCCC/C=C/C/C=C/C/C=C/C/C=C/CCCCCCCC(=O)OCC(COP(=O)(O)OC1C(O)C(O)C(O)[C@H](O)C1O)OC(=O)CC/C=C/C/C=C/CCCCCCCC. The number of aliphatic hydroxyl groups is 5. The van der Waals surface area contributed by atoms with Gasteiger partial charge >= 0.3 is 19.8 Å². The molecule has 13 nitrogen and oxygen atoms in total. The third-order valence-electron chi connectivity index (χ3n) is 10.5. The summed E-state index contributed by atoms with van der Waals surface area (Å²) in [5.74, 6) is -1.20. The van der Waals surface area contributed by atoms with Crippen LogP contribution in [0, 0.1) is 0 Å². The number of phosphoric acid groups is 1. The number of carbonyl (C=O) groups excluding carboxylic acids is 2. The number of rotatable bonds is 38. The summed E-state index contributed by atoms with van der Waals surface area (Å²) in [6, 6.07) is 0. The van der Waals surface area contributed by atoms with Crippen LogP contribution in [0.3, 0.4) is 0 Å². The van der Waals surface area contributed by atoms with Crippen LogP contribution in [0.2, 0.25) is 0 Å². The number of unbranched alkanes of at least 4 members (excludes halogenated alkanes) is 14. The molecule has 1 aliphatic carbocycles. The Bertz CT molecular complexity index is 1380. The summed E-state index contributed by atoms with van der Waals surface area (Å²) >= 11 is 0. The van der Waals surface area contributed by atoms with Gasteiger partial charge in [-0.25, -0.2) is 4.57 Å². The number of hydrogen-bond donors (Lipinski definition) is 6. The smallest absolute Gasteiger partial charge is 0.462 e. The van der Waals surface area contributed by atoms with Gasteiger partial charge in [-0.1, -0.05) is 151 Å². The molecule has 7 unspecified atom stereocenters. The van der Waals surface area contributed by atoms with Crippen LogP contribution in [-0.4, -0.2) is 98.3 Å². The molecule has 0 saturated heterocycles. The second kappa shape index (κ2) is 38.5. The van der Waals surface area contributed by atoms with Crippen molar-refractivity contribution in [1.29, 1.82) is 0 Å². The van der Waals surface area contributed by atoms with Crippen molar-refractivity contribution in [3.63, 3.8) is 0 Å². The Morgan fingerprint density at radius 1 is 0.492 bits per heavy atom. The maximum Gasteiger partial charge on any atom is 0.472 e. The number of ether oxygens (including phenoxy) is 2. The van der Waals surface area contributed by atoms with Crippen LogP contribution in [0.1, 0.15) is 168 Å². The van der Waals surface area contributed by atoms with E-state index in [2.05, 4.69) is 74.6 Å². The lowest BCUT2D eigenvalue weighted by Crippen LogP contribution is -2.64. The Morgan fingerprint density at radius 2 is 0.889 bits per heavy atom. The monoisotopic (exact) mass is 911 g/mol. The van der Waals surface area contributed by atoms with E-state index in [9.17, 15) is 44.6 Å². The highest BCUT2D eigenvalue weighted by Crippen LogP contribution is 2.47. The van der Waals surface area contributed by atoms with Crippen molar-refractivity contribution < 1.29 is 63.1 Å². The molecule has 0 amide bonds. The van der Waals surface area contributed by atoms with E-state index in [0.29, 0.717) is 12.8 Å². The summed E-state index contributed by atoms with van der Waals surface area (Å²) in [6.45, 7) is 3.18. The van der Waals surface area contributed by atoms with Crippen molar-refractivity contribution in [1.82, 2.24) is 0 Å². The van der Waals surface area contributed by atoms with Gasteiger partial charge in [-0.05, 0) is 77.0 Å². The molecule has 1 saturated carbocycles. The molecule has 1 rings (SSSR count). The Balaban J connectivity index is 2.47. The lowest BCUT2D eigenvalue weighted by atomic mass is 9.85. The van der Waals surface area contributed by atoms with Gasteiger partial charge in [-0.2, -0.15) is 0 Å². The van der Waals surface area contributed by atoms with Crippen LogP contribution < -0.4 is 0 Å². The van der Waals surface area contributed by atoms with E-state index in [0.717, 1.165) is 64.2 Å². The molecule has 8 atom stereocenters. The normalized spacial score (nSPS) is 22.3. The van der Waals surface area contributed by atoms with Crippen molar-refractivity contribution in [3.05, 3.63) is 72.9 Å². The molecule has 0 heterocycles. The maximum absolute atomic E-state index is 12.8. The third-order valence-corrected chi connectivity index (χ3v) is 11.5. The Labute approximate surface area is 378 Å². The fourth-order valence-electron chi connectivity index (χ4n) is 6.68. The van der Waals surface area contributed by atoms with E-state index >= 15 is 0 Å². The van der Waals surface area contributed by atoms with Gasteiger partial charge in [0.25, 0.3) is 0 Å². The number of esters is 2. The molecular formula is C49H83O13P. The summed E-state index contributed by atoms with van der Waals surface area (Å²) in [5, 5.41) is 50.1. The van der Waals surface area contributed by atoms with Gasteiger partial charge in [-0.3, -0.25) is 18.6 Å². The molecule has 1 aliphatic rings. The molecule has 0 radical (unpaired) electrons. The molecule has 0 aromatic heterocycles. The quantitative estimate of drug-likeness (QED) is 0.0148. The van der Waals surface area contributed by atoms with Gasteiger partial charge in [0.2, 0.25) is 0 Å². The van der Waals surface area contributed by atoms with Crippen molar-refractivity contribution in [2.24, 2.45) is 0 Å². The lowest BCUT2D eigenvalue weighted by Gasteiger charge is -2.41. The maximum atomic E-state index is 12.8. The first-order chi connectivity index (χ1) is 30.4. The average Bonchev–Trinajstić information content (AvgIpc) is 3.26. The zero-order valence-corrected chi connectivity index (χ0v) is 39.2. The van der Waals surface area contributed by atoms with E-state index in [1.807, 2.05) is 12.2 Å². The first kappa shape index (κ1) is 58.3. The number of hydrogen-bond acceptors (Lipinski definition) is 12. The van der Waals surface area contributed by atoms with E-state index in [1.54, 1.807) is 0 Å². The largest absolute Gasteiger partial charge is 0.472 e. The van der Waals surface area contributed by atoms with Crippen LogP contribution in [0.15, 0.2) is 72.9 Å². The van der Waals surface area contributed by atoms with Crippen molar-refractivity contribution in [2.75, 3.05) is 13.2 Å². The number of phosphoric ester groups is 1. The summed E-state index contributed by atoms with van der Waals surface area (Å²) in [5.41, 5.74) is 0. The molecular weight excluding hydrogens is 827 g/mol. The topological polar surface area (TPSA) is 210 Å². The Morgan fingerprint density at radius 3 is 1.40 bits per heavy atom. The summed E-state index contributed by atoms with van der Waals surface area (Å²) in [4.78, 5) is 35.7. The van der Waals surface area contributed by atoms with Crippen molar-refractivity contribution in [3.8, 4) is 0 Å². The second-order valence-corrected chi connectivity index (χ2v) is 17.7. The van der Waals surface area contributed by atoms with Crippen LogP contribution in [0.25, 0.3) is 0 Å². The van der Waals surface area contributed by atoms with Crippen LogP contribution >= 0.6 is 7.82 Å². The number of allylic oxidation sites excluding steroid dienone is 12. The van der Waals surface area contributed by atoms with Gasteiger partial charge < -0.3 is 39.9 Å². The van der Waals surface area contributed by atoms with E-state index in [4.69, 9.17) is 18.5 Å². The summed E-state index contributed by atoms with van der Waals surface area (Å²) in [7, 11) is -5.14. The van der Waals surface area contributed by atoms with Gasteiger partial charge in [0.15, 0.2) is 6.10 Å². The first-order valence-electron chi connectivity index (χ1n) is 23.7. The second-order valence-electron chi connectivity index (χ2n) is 16.3. The molecule has 63 heavy (non-hydrogen) atoms. The van der Waals surface area contributed by atoms with E-state index in [-0.39, 0.29) is 12.8 Å². The molecule has 14 heteroatoms. The molecule has 0 bridgehead atoms. The molecule has 0 spiro atoms. The third kappa shape index (κ3) is 31.0. The fourth-order valence-corrected chi connectivity index (χ4v) is 7.65. The summed E-state index contributed by atoms with van der Waals surface area (Å²) < 4.78 is 33.4. The predicted octanol–water partition coefficient (Wildman–Crippen LogP) is 9.50. The highest BCUT2D eigenvalue weighted by molar-refractivity contribution is 7.47. The summed E-state index contributed by atoms with van der Waals surface area (Å²) in [6.07, 6.45) is 35.4. The lowest BCUT2D eigenvalue weighted by molar-refractivity contribution is -0.220. The molecule has 1 fully saturated rings. The zero-order valence-electron chi connectivity index (χ0n) is 38.3. The molecule has 362 valence electrons. The van der Waals surface area contributed by atoms with Crippen LogP contribution in [0.5, 0.6) is 0 Å². The number of aliphatic hydroxyl groups excluding tert-OH is 5. The van der Waals surface area contributed by atoms with Gasteiger partial charge in [0.1, 0.15) is 43.2 Å². The van der Waals surface area contributed by atoms with E-state index < -0.39 is 75.7 Å². The zero-order chi connectivity index (χ0) is 46.4. The van der Waals surface area contributed by atoms with Crippen molar-refractivity contribution >= 4 is 19.8 Å². The van der Waals surface area contributed by atoms with Crippen LogP contribution in [0.4, 0.5) is 0 Å². The fraction of sp³-hybridized carbons (Fsp3) is 0.714. The highest BCUT2D eigenvalue weighted by atomic mass is 31.2.